The first-order valence-corrected chi connectivity index (χ1v) is 8.84. The van der Waals surface area contributed by atoms with Crippen molar-refractivity contribution < 1.29 is 13.9 Å². The number of amides is 1. The fourth-order valence-corrected chi connectivity index (χ4v) is 2.87. The van der Waals surface area contributed by atoms with E-state index >= 15 is 0 Å². The van der Waals surface area contributed by atoms with Crippen LogP contribution in [0.1, 0.15) is 18.5 Å². The number of para-hydroxylation sites is 1. The van der Waals surface area contributed by atoms with Gasteiger partial charge in [-0.05, 0) is 36.2 Å². The molecule has 0 aliphatic carbocycles. The van der Waals surface area contributed by atoms with E-state index in [0.29, 0.717) is 5.75 Å². The molecule has 0 aliphatic heterocycles. The van der Waals surface area contributed by atoms with Crippen molar-refractivity contribution in [2.24, 2.45) is 0 Å². The SMILES string of the molecule is CC(c1ccc(F)cc1)N(C)C(=O)COc1ccccc1-c1ccccc1. The monoisotopic (exact) mass is 363 g/mol. The standard InChI is InChI=1S/C23H22FNO2/c1-17(18-12-14-20(24)15-13-18)25(2)23(26)16-27-22-11-7-6-10-21(22)19-8-4-3-5-9-19/h3-15,17H,16H2,1-2H3. The fraction of sp³-hybridized carbons (Fsp3) is 0.174. The maximum Gasteiger partial charge on any atom is 0.260 e. The van der Waals surface area contributed by atoms with E-state index in [1.54, 1.807) is 24.1 Å². The summed E-state index contributed by atoms with van der Waals surface area (Å²) in [6.07, 6.45) is 0. The molecule has 0 fully saturated rings. The summed E-state index contributed by atoms with van der Waals surface area (Å²) in [6.45, 7) is 1.84. The van der Waals surface area contributed by atoms with Crippen molar-refractivity contribution in [3.63, 3.8) is 0 Å². The summed E-state index contributed by atoms with van der Waals surface area (Å²) in [7, 11) is 1.73. The highest BCUT2D eigenvalue weighted by Crippen LogP contribution is 2.29. The number of halogens is 1. The zero-order valence-electron chi connectivity index (χ0n) is 15.4. The number of rotatable bonds is 6. The van der Waals surface area contributed by atoms with Gasteiger partial charge in [-0.25, -0.2) is 4.39 Å². The van der Waals surface area contributed by atoms with Crippen molar-refractivity contribution in [1.82, 2.24) is 4.90 Å². The van der Waals surface area contributed by atoms with Crippen molar-refractivity contribution in [1.29, 1.82) is 0 Å². The predicted molar refractivity (Wildman–Crippen MR) is 105 cm³/mol. The van der Waals surface area contributed by atoms with Crippen molar-refractivity contribution in [3.05, 3.63) is 90.2 Å². The molecule has 1 amide bonds. The van der Waals surface area contributed by atoms with Gasteiger partial charge in [-0.3, -0.25) is 4.79 Å². The molecule has 4 heteroatoms. The summed E-state index contributed by atoms with van der Waals surface area (Å²) in [4.78, 5) is 14.2. The molecule has 0 aromatic heterocycles. The summed E-state index contributed by atoms with van der Waals surface area (Å²) in [5, 5.41) is 0. The molecule has 3 aromatic rings. The largest absolute Gasteiger partial charge is 0.483 e. The van der Waals surface area contributed by atoms with E-state index in [9.17, 15) is 9.18 Å². The Hall–Kier alpha value is -3.14. The molecule has 3 rings (SSSR count). The van der Waals surface area contributed by atoms with Gasteiger partial charge in [0.05, 0.1) is 6.04 Å². The topological polar surface area (TPSA) is 29.5 Å². The maximum atomic E-state index is 13.1. The molecule has 3 nitrogen and oxygen atoms in total. The highest BCUT2D eigenvalue weighted by molar-refractivity contribution is 5.78. The first-order chi connectivity index (χ1) is 13.1. The van der Waals surface area contributed by atoms with Gasteiger partial charge in [0.25, 0.3) is 5.91 Å². The molecular weight excluding hydrogens is 341 g/mol. The maximum absolute atomic E-state index is 13.1. The van der Waals surface area contributed by atoms with Crippen LogP contribution in [-0.4, -0.2) is 24.5 Å². The third-order valence-corrected chi connectivity index (χ3v) is 4.65. The minimum absolute atomic E-state index is 0.0636. The van der Waals surface area contributed by atoms with E-state index in [4.69, 9.17) is 4.74 Å². The normalized spacial score (nSPS) is 11.7. The summed E-state index contributed by atoms with van der Waals surface area (Å²) >= 11 is 0. The van der Waals surface area contributed by atoms with Crippen LogP contribution in [0.4, 0.5) is 4.39 Å². The molecule has 0 heterocycles. The predicted octanol–water partition coefficient (Wildman–Crippen LogP) is 5.09. The number of benzene rings is 3. The van der Waals surface area contributed by atoms with E-state index < -0.39 is 0 Å². The molecule has 0 N–H and O–H groups in total. The molecule has 3 aromatic carbocycles. The molecule has 0 saturated carbocycles. The van der Waals surface area contributed by atoms with Crippen LogP contribution in [0.5, 0.6) is 5.75 Å². The van der Waals surface area contributed by atoms with E-state index in [1.165, 1.54) is 12.1 Å². The lowest BCUT2D eigenvalue weighted by Crippen LogP contribution is -2.33. The molecule has 0 bridgehead atoms. The Kier molecular flexibility index (Phi) is 5.87. The number of hydrogen-bond donors (Lipinski definition) is 0. The quantitative estimate of drug-likeness (QED) is 0.610. The second-order valence-corrected chi connectivity index (χ2v) is 6.38. The second kappa shape index (κ2) is 8.49. The number of likely N-dealkylation sites (N-methyl/N-ethyl adjacent to an activating group) is 1. The fourth-order valence-electron chi connectivity index (χ4n) is 2.87. The van der Waals surface area contributed by atoms with Gasteiger partial charge in [-0.1, -0.05) is 60.7 Å². The van der Waals surface area contributed by atoms with Gasteiger partial charge in [0.15, 0.2) is 6.61 Å². The molecule has 1 atom stereocenters. The number of hydrogen-bond acceptors (Lipinski definition) is 2. The zero-order valence-corrected chi connectivity index (χ0v) is 15.4. The molecule has 0 radical (unpaired) electrons. The third-order valence-electron chi connectivity index (χ3n) is 4.65. The van der Waals surface area contributed by atoms with Crippen LogP contribution in [-0.2, 0) is 4.79 Å². The Morgan fingerprint density at radius 3 is 2.30 bits per heavy atom. The average Bonchev–Trinajstić information content (AvgIpc) is 2.72. The van der Waals surface area contributed by atoms with Crippen molar-refractivity contribution >= 4 is 5.91 Å². The minimum Gasteiger partial charge on any atom is -0.483 e. The smallest absolute Gasteiger partial charge is 0.260 e. The Bertz CT molecular complexity index is 894. The van der Waals surface area contributed by atoms with Crippen LogP contribution in [0.15, 0.2) is 78.9 Å². The number of carbonyl (C=O) groups is 1. The Balaban J connectivity index is 1.68. The van der Waals surface area contributed by atoms with Gasteiger partial charge in [0, 0.05) is 12.6 Å². The van der Waals surface area contributed by atoms with Crippen molar-refractivity contribution in [3.8, 4) is 16.9 Å². The van der Waals surface area contributed by atoms with Crippen molar-refractivity contribution in [2.45, 2.75) is 13.0 Å². The summed E-state index contributed by atoms with van der Waals surface area (Å²) < 4.78 is 18.9. The van der Waals surface area contributed by atoms with E-state index in [-0.39, 0.29) is 24.4 Å². The first-order valence-electron chi connectivity index (χ1n) is 8.84. The highest BCUT2D eigenvalue weighted by atomic mass is 19.1. The molecule has 0 saturated heterocycles. The Labute approximate surface area is 159 Å². The lowest BCUT2D eigenvalue weighted by atomic mass is 10.1. The number of nitrogens with zero attached hydrogens (tertiary/aromatic N) is 1. The molecule has 27 heavy (non-hydrogen) atoms. The van der Waals surface area contributed by atoms with E-state index in [1.807, 2.05) is 61.5 Å². The van der Waals surface area contributed by atoms with Crippen LogP contribution in [0.3, 0.4) is 0 Å². The lowest BCUT2D eigenvalue weighted by Gasteiger charge is -2.25. The highest BCUT2D eigenvalue weighted by Gasteiger charge is 2.18. The number of ether oxygens (including phenoxy) is 1. The van der Waals surface area contributed by atoms with Gasteiger partial charge in [0.1, 0.15) is 11.6 Å². The van der Waals surface area contributed by atoms with E-state index in [2.05, 4.69) is 0 Å². The lowest BCUT2D eigenvalue weighted by molar-refractivity contribution is -0.133. The molecule has 0 aliphatic rings. The van der Waals surface area contributed by atoms with Crippen LogP contribution in [0.2, 0.25) is 0 Å². The van der Waals surface area contributed by atoms with Gasteiger partial charge in [-0.15, -0.1) is 0 Å². The molecule has 0 spiro atoms. The molecule has 138 valence electrons. The first kappa shape index (κ1) is 18.6. The third kappa shape index (κ3) is 4.53. The van der Waals surface area contributed by atoms with Gasteiger partial charge >= 0.3 is 0 Å². The summed E-state index contributed by atoms with van der Waals surface area (Å²) in [6, 6.07) is 23.6. The Morgan fingerprint density at radius 1 is 0.963 bits per heavy atom. The van der Waals surface area contributed by atoms with Crippen LogP contribution < -0.4 is 4.74 Å². The second-order valence-electron chi connectivity index (χ2n) is 6.38. The Morgan fingerprint density at radius 2 is 1.59 bits per heavy atom. The van der Waals surface area contributed by atoms with E-state index in [0.717, 1.165) is 16.7 Å². The van der Waals surface area contributed by atoms with Gasteiger partial charge in [-0.2, -0.15) is 0 Å². The van der Waals surface area contributed by atoms with Crippen molar-refractivity contribution in [2.75, 3.05) is 13.7 Å². The average molecular weight is 363 g/mol. The minimum atomic E-state index is -0.291. The number of carbonyl (C=O) groups excluding carboxylic acids is 1. The summed E-state index contributed by atoms with van der Waals surface area (Å²) in [5.74, 6) is 0.232. The summed E-state index contributed by atoms with van der Waals surface area (Å²) in [5.41, 5.74) is 2.85. The van der Waals surface area contributed by atoms with Gasteiger partial charge < -0.3 is 9.64 Å². The van der Waals surface area contributed by atoms with Crippen LogP contribution >= 0.6 is 0 Å². The van der Waals surface area contributed by atoms with Gasteiger partial charge in [0.2, 0.25) is 0 Å². The van der Waals surface area contributed by atoms with Crippen LogP contribution in [0, 0.1) is 5.82 Å². The molecule has 1 unspecified atom stereocenters. The van der Waals surface area contributed by atoms with Crippen LogP contribution in [0.25, 0.3) is 11.1 Å². The zero-order chi connectivity index (χ0) is 19.2. The molecular formula is C23H22FNO2.